The highest BCUT2D eigenvalue weighted by Crippen LogP contribution is 2.41. The van der Waals surface area contributed by atoms with Crippen LogP contribution in [0.1, 0.15) is 187 Å². The van der Waals surface area contributed by atoms with Crippen LogP contribution >= 0.6 is 0 Å². The number of nitrogens with zero attached hydrogens (tertiary/aromatic N) is 8. The van der Waals surface area contributed by atoms with E-state index in [4.69, 9.17) is 20.0 Å². The van der Waals surface area contributed by atoms with Gasteiger partial charge in [-0.05, 0) is 156 Å². The zero-order valence-corrected chi connectivity index (χ0v) is 57.0. The number of rotatable bonds is 19. The van der Waals surface area contributed by atoms with Crippen LogP contribution in [-0.2, 0) is 6.42 Å². The van der Waals surface area contributed by atoms with Crippen molar-refractivity contribution in [1.82, 2.24) is 24.0 Å². The normalized spacial score (nSPS) is 18.4. The first-order valence-corrected chi connectivity index (χ1v) is 31.5. The van der Waals surface area contributed by atoms with Crippen molar-refractivity contribution in [2.45, 2.75) is 195 Å². The first-order chi connectivity index (χ1) is 41.1. The van der Waals surface area contributed by atoms with Crippen LogP contribution in [0, 0.1) is 18.8 Å². The minimum Gasteiger partial charge on any atom is -0.338 e. The topological polar surface area (TPSA) is 76.0 Å². The average molecular weight is 1150 g/mol. The third-order valence-corrected chi connectivity index (χ3v) is 13.7. The molecule has 0 radical (unpaired) electrons. The molecule has 0 bridgehead atoms. The van der Waals surface area contributed by atoms with Crippen molar-refractivity contribution in [2.24, 2.45) is 26.8 Å². The third kappa shape index (κ3) is 24.6. The Hall–Kier alpha value is -7.45. The lowest BCUT2D eigenvalue weighted by molar-refractivity contribution is 0.404. The fourth-order valence-corrected chi connectivity index (χ4v) is 9.50. The summed E-state index contributed by atoms with van der Waals surface area (Å²) < 4.78 is 4.58. The highest BCUT2D eigenvalue weighted by atomic mass is 15.3. The molecule has 5 unspecified atom stereocenters. The first kappa shape index (κ1) is 77.5. The maximum atomic E-state index is 5.49. The van der Waals surface area contributed by atoms with Gasteiger partial charge in [-0.2, -0.15) is 0 Å². The minimum atomic E-state index is -0.237. The molecule has 0 N–H and O–H groups in total. The molecular weight excluding hydrogens is 1040 g/mol. The number of hydrogen-bond donors (Lipinski definition) is 0. The second kappa shape index (κ2) is 45.0. The summed E-state index contributed by atoms with van der Waals surface area (Å²) in [6, 6.07) is 6.40. The van der Waals surface area contributed by atoms with Crippen molar-refractivity contribution in [2.75, 3.05) is 7.05 Å². The minimum absolute atomic E-state index is 0.0165. The Labute approximate surface area is 520 Å². The second-order valence-corrected chi connectivity index (χ2v) is 19.9. The van der Waals surface area contributed by atoms with E-state index in [9.17, 15) is 0 Å². The van der Waals surface area contributed by atoms with Gasteiger partial charge in [0.2, 0.25) is 0 Å². The Morgan fingerprint density at radius 2 is 1.48 bits per heavy atom. The van der Waals surface area contributed by atoms with Crippen LogP contribution in [0.15, 0.2) is 215 Å². The third-order valence-electron chi connectivity index (χ3n) is 13.7. The van der Waals surface area contributed by atoms with E-state index in [0.717, 1.165) is 94.8 Å². The van der Waals surface area contributed by atoms with Gasteiger partial charge in [-0.1, -0.05) is 208 Å². The fraction of sp³-hybridized carbons (Fsp3) is 0.416. The Morgan fingerprint density at radius 1 is 0.824 bits per heavy atom. The molecule has 1 aromatic carbocycles. The zero-order chi connectivity index (χ0) is 64.4. The van der Waals surface area contributed by atoms with Crippen LogP contribution in [-0.4, -0.2) is 62.0 Å². The summed E-state index contributed by atoms with van der Waals surface area (Å²) in [7, 11) is 2.04. The van der Waals surface area contributed by atoms with E-state index >= 15 is 0 Å². The molecule has 2 aliphatic carbocycles. The highest BCUT2D eigenvalue weighted by molar-refractivity contribution is 6.01. The van der Waals surface area contributed by atoms with Crippen LogP contribution in [0.2, 0.25) is 0 Å². The van der Waals surface area contributed by atoms with Crippen LogP contribution < -0.4 is 0 Å². The van der Waals surface area contributed by atoms with Crippen molar-refractivity contribution in [3.63, 3.8) is 0 Å². The molecule has 0 amide bonds. The quantitative estimate of drug-likeness (QED) is 0.0519. The molecule has 0 aliphatic heterocycles. The van der Waals surface area contributed by atoms with Gasteiger partial charge < -0.3 is 14.0 Å². The summed E-state index contributed by atoms with van der Waals surface area (Å²) in [5.74, 6) is 3.52. The number of aryl methyl sites for hydroxylation is 2. The lowest BCUT2D eigenvalue weighted by Gasteiger charge is -2.28. The van der Waals surface area contributed by atoms with Crippen LogP contribution in [0.4, 0.5) is 5.82 Å². The van der Waals surface area contributed by atoms with E-state index in [1.54, 1.807) is 6.08 Å². The van der Waals surface area contributed by atoms with Crippen LogP contribution in [0.5, 0.6) is 0 Å². The number of aliphatic imine (C=N–C) groups is 3. The van der Waals surface area contributed by atoms with Gasteiger partial charge >= 0.3 is 0 Å². The van der Waals surface area contributed by atoms with Gasteiger partial charge in [-0.3, -0.25) is 9.98 Å². The molecule has 8 heteroatoms. The van der Waals surface area contributed by atoms with E-state index in [1.165, 1.54) is 22.3 Å². The maximum Gasteiger partial charge on any atom is 0.156 e. The number of amidine groups is 1. The Morgan fingerprint density at radius 3 is 2.06 bits per heavy atom. The Balaban J connectivity index is 0.00000272. The summed E-state index contributed by atoms with van der Waals surface area (Å²) in [6.45, 7) is 57.2. The standard InChI is InChI=1S/C55H74N8.C13H16.C3H6.3C2H6/c1-16-24-30-38(9)47(21-6)48(29-18-3)41(12)62-37-40(11)59-53(62)45-34-44(52(58-39(10)28-17-2)61(15)42(13)56-14)35-46(36-45)54-60-50(22-7)55(57-33-19-4)63(54)51(23-8)49-32-27-25-26-31-43(49)20-5;1-12-8-4-3-5-9-13(2)11-7-6-10-12;1-3-2;3*1-2/h16-18,20,23-24,26-37,39,42,47,49,51H,8,14,19,21-22,25H2,1-7,9-13,15H3;3-6,8,10-11H,1,7,9H2,2H3;3H,1H2,2H3;3*1-2H3/b24-16-,28-17-,29-18-,38-30+,43-20-,48-41+,57-33-,58-52?;5-3-,8-4-,10-6-,13-11-;;;;. The molecule has 2 heterocycles. The Kier molecular flexibility index (Phi) is 41.0. The molecule has 8 nitrogen and oxygen atoms in total. The predicted octanol–water partition coefficient (Wildman–Crippen LogP) is 22.5. The molecule has 5 rings (SSSR count). The summed E-state index contributed by atoms with van der Waals surface area (Å²) in [6.07, 6.45) is 54.1. The molecule has 2 aromatic heterocycles. The van der Waals surface area contributed by atoms with Gasteiger partial charge in [0.1, 0.15) is 23.7 Å². The van der Waals surface area contributed by atoms with Crippen molar-refractivity contribution < 1.29 is 0 Å². The molecule has 2 aliphatic rings. The predicted molar refractivity (Wildman–Crippen MR) is 384 cm³/mol. The summed E-state index contributed by atoms with van der Waals surface area (Å²) in [4.78, 5) is 27.8. The first-order valence-electron chi connectivity index (χ1n) is 31.5. The van der Waals surface area contributed by atoms with Crippen LogP contribution in [0.25, 0.3) is 28.5 Å². The van der Waals surface area contributed by atoms with Gasteiger partial charge in [0.05, 0.1) is 23.5 Å². The van der Waals surface area contributed by atoms with Gasteiger partial charge in [-0.25, -0.2) is 15.0 Å². The largest absolute Gasteiger partial charge is 0.338 e. The maximum absolute atomic E-state index is 5.49. The van der Waals surface area contributed by atoms with Crippen LogP contribution in [0.3, 0.4) is 0 Å². The number of hydrogen-bond acceptors (Lipinski definition) is 5. The van der Waals surface area contributed by atoms with E-state index < -0.39 is 0 Å². The average Bonchev–Trinajstić information content (AvgIpc) is 1.84. The summed E-state index contributed by atoms with van der Waals surface area (Å²) in [5.41, 5.74) is 12.0. The summed E-state index contributed by atoms with van der Waals surface area (Å²) in [5, 5.41) is 0. The van der Waals surface area contributed by atoms with E-state index in [1.807, 2.05) is 93.8 Å². The molecule has 0 fully saturated rings. The number of imidazole rings is 2. The highest BCUT2D eigenvalue weighted by Gasteiger charge is 2.30. The van der Waals surface area contributed by atoms with Gasteiger partial charge in [0.25, 0.3) is 0 Å². The van der Waals surface area contributed by atoms with E-state index in [2.05, 4.69) is 249 Å². The van der Waals surface area contributed by atoms with Gasteiger partial charge in [0, 0.05) is 53.7 Å². The van der Waals surface area contributed by atoms with Crippen molar-refractivity contribution >= 4 is 30.3 Å². The molecule has 0 spiro atoms. The number of aromatic nitrogens is 4. The lowest BCUT2D eigenvalue weighted by Crippen LogP contribution is -2.35. The smallest absolute Gasteiger partial charge is 0.156 e. The monoisotopic (exact) mass is 1150 g/mol. The molecule has 0 saturated carbocycles. The van der Waals surface area contributed by atoms with E-state index in [-0.39, 0.29) is 30.1 Å². The van der Waals surface area contributed by atoms with Gasteiger partial charge in [-0.15, -0.1) is 13.2 Å². The molecule has 5 atom stereocenters. The van der Waals surface area contributed by atoms with E-state index in [0.29, 0.717) is 6.42 Å². The number of allylic oxidation sites excluding steroid dienone is 26. The van der Waals surface area contributed by atoms with Crippen molar-refractivity contribution in [3.05, 3.63) is 217 Å². The molecule has 462 valence electrons. The zero-order valence-electron chi connectivity index (χ0n) is 57.0. The Bertz CT molecular complexity index is 2950. The molecule has 0 saturated heterocycles. The fourth-order valence-electron chi connectivity index (χ4n) is 9.50. The van der Waals surface area contributed by atoms with Crippen molar-refractivity contribution in [3.8, 4) is 22.8 Å². The SMILES string of the molecule is C=C1/C=C\C=C/C/C(C)=C\C/C=C\1.C=CC.C=CC(C1C=CCC=C/C1=C/C)n1c(-c2cc(C(=NC(C)/C=C\C)N(C)C(C)N=C)cc(-c3nc(C)cn3/C(C)=C(\C=C/C)C(CC)/C(C)=C/C=C\C)c2)nc(CC)c1/N=C\CC.CC.CC.CC. The number of benzene rings is 1. The lowest BCUT2D eigenvalue weighted by atomic mass is 9.87. The molecule has 3 aromatic rings. The molecular formula is C77H114N8. The second-order valence-electron chi connectivity index (χ2n) is 19.9. The molecule has 85 heavy (non-hydrogen) atoms. The van der Waals surface area contributed by atoms with Gasteiger partial charge in [0.15, 0.2) is 5.82 Å². The summed E-state index contributed by atoms with van der Waals surface area (Å²) >= 11 is 0. The van der Waals surface area contributed by atoms with Crippen molar-refractivity contribution in [1.29, 1.82) is 0 Å².